The molecule has 1 aromatic carbocycles. The third-order valence-corrected chi connectivity index (χ3v) is 4.58. The van der Waals surface area contributed by atoms with Crippen LogP contribution in [0.15, 0.2) is 24.3 Å². The molecule has 1 aromatic rings. The van der Waals surface area contributed by atoms with E-state index >= 15 is 0 Å². The predicted molar refractivity (Wildman–Crippen MR) is 80.7 cm³/mol. The molecule has 1 atom stereocenters. The number of carbonyl (C=O) groups is 2. The zero-order valence-corrected chi connectivity index (χ0v) is 12.6. The van der Waals surface area contributed by atoms with Gasteiger partial charge in [-0.25, -0.2) is 0 Å². The van der Waals surface area contributed by atoms with Crippen LogP contribution >= 0.6 is 0 Å². The molecule has 21 heavy (non-hydrogen) atoms. The summed E-state index contributed by atoms with van der Waals surface area (Å²) >= 11 is 0. The minimum Gasteiger partial charge on any atom is -0.344 e. The maximum absolute atomic E-state index is 12.8. The van der Waals surface area contributed by atoms with Gasteiger partial charge in [-0.3, -0.25) is 9.59 Å². The van der Waals surface area contributed by atoms with Crippen LogP contribution in [0.25, 0.3) is 0 Å². The Labute approximate surface area is 125 Å². The number of benzene rings is 1. The smallest absolute Gasteiger partial charge is 0.245 e. The van der Waals surface area contributed by atoms with Gasteiger partial charge in [-0.15, -0.1) is 0 Å². The van der Waals surface area contributed by atoms with Crippen LogP contribution in [-0.4, -0.2) is 35.3 Å². The summed E-state index contributed by atoms with van der Waals surface area (Å²) in [5, 5.41) is 2.87. The van der Waals surface area contributed by atoms with Gasteiger partial charge in [0.1, 0.15) is 6.04 Å². The first-order chi connectivity index (χ1) is 10.1. The summed E-state index contributed by atoms with van der Waals surface area (Å²) < 4.78 is 0. The maximum Gasteiger partial charge on any atom is 0.245 e. The van der Waals surface area contributed by atoms with E-state index in [-0.39, 0.29) is 29.8 Å². The molecule has 0 aromatic heterocycles. The average molecular weight is 286 g/mol. The van der Waals surface area contributed by atoms with Crippen molar-refractivity contribution in [2.45, 2.75) is 45.2 Å². The van der Waals surface area contributed by atoms with Crippen LogP contribution in [-0.2, 0) is 22.4 Å². The highest BCUT2D eigenvalue weighted by Gasteiger charge is 2.37. The molecule has 0 saturated carbocycles. The summed E-state index contributed by atoms with van der Waals surface area (Å²) in [6, 6.07) is 8.19. The third kappa shape index (κ3) is 2.67. The zero-order valence-electron chi connectivity index (χ0n) is 12.6. The molecule has 1 heterocycles. The minimum atomic E-state index is -0.385. The minimum absolute atomic E-state index is 0.0138. The Hall–Kier alpha value is -1.84. The second-order valence-corrected chi connectivity index (χ2v) is 6.40. The van der Waals surface area contributed by atoms with E-state index < -0.39 is 0 Å². The first kappa shape index (κ1) is 14.1. The van der Waals surface area contributed by atoms with Crippen molar-refractivity contribution in [3.05, 3.63) is 35.4 Å². The number of amides is 2. The number of nitrogens with zero attached hydrogens (tertiary/aromatic N) is 1. The second-order valence-electron chi connectivity index (χ2n) is 6.40. The molecule has 112 valence electrons. The molecule has 2 amide bonds. The standard InChI is InChI=1S/C17H22N2O2/c1-11(2)16-17(21)19(8-7-15(20)18-16)14-9-12-5-3-4-6-13(12)10-14/h3-6,11,14,16H,7-10H2,1-2H3,(H,18,20). The van der Waals surface area contributed by atoms with E-state index in [9.17, 15) is 9.59 Å². The van der Waals surface area contributed by atoms with Crippen molar-refractivity contribution < 1.29 is 9.59 Å². The molecule has 2 aliphatic rings. The van der Waals surface area contributed by atoms with Crippen molar-refractivity contribution in [3.63, 3.8) is 0 Å². The Morgan fingerprint density at radius 2 is 1.76 bits per heavy atom. The largest absolute Gasteiger partial charge is 0.344 e. The van der Waals surface area contributed by atoms with Crippen molar-refractivity contribution in [3.8, 4) is 0 Å². The first-order valence-corrected chi connectivity index (χ1v) is 7.73. The fourth-order valence-corrected chi connectivity index (χ4v) is 3.39. The quantitative estimate of drug-likeness (QED) is 0.896. The molecule has 0 spiro atoms. The molecule has 1 aliphatic carbocycles. The monoisotopic (exact) mass is 286 g/mol. The molecule has 1 fully saturated rings. The van der Waals surface area contributed by atoms with Crippen LogP contribution in [0, 0.1) is 5.92 Å². The Kier molecular flexibility index (Phi) is 3.70. The van der Waals surface area contributed by atoms with E-state index in [0.717, 1.165) is 12.8 Å². The van der Waals surface area contributed by atoms with E-state index in [1.165, 1.54) is 11.1 Å². The Morgan fingerprint density at radius 3 is 2.33 bits per heavy atom. The fraction of sp³-hybridized carbons (Fsp3) is 0.529. The van der Waals surface area contributed by atoms with E-state index in [1.54, 1.807) is 0 Å². The van der Waals surface area contributed by atoms with Gasteiger partial charge in [0, 0.05) is 19.0 Å². The first-order valence-electron chi connectivity index (χ1n) is 7.73. The topological polar surface area (TPSA) is 49.4 Å². The summed E-state index contributed by atoms with van der Waals surface area (Å²) in [6.45, 7) is 4.50. The second kappa shape index (κ2) is 5.51. The lowest BCUT2D eigenvalue weighted by Gasteiger charge is -2.31. The average Bonchev–Trinajstić information content (AvgIpc) is 2.81. The van der Waals surface area contributed by atoms with Crippen molar-refractivity contribution in [1.29, 1.82) is 0 Å². The van der Waals surface area contributed by atoms with Gasteiger partial charge in [0.25, 0.3) is 0 Å². The highest BCUT2D eigenvalue weighted by Crippen LogP contribution is 2.27. The molecule has 1 saturated heterocycles. The molecular weight excluding hydrogens is 264 g/mol. The molecule has 3 rings (SSSR count). The lowest BCUT2D eigenvalue weighted by Crippen LogP contribution is -2.51. The number of nitrogens with one attached hydrogen (secondary N) is 1. The lowest BCUT2D eigenvalue weighted by atomic mass is 10.0. The fourth-order valence-electron chi connectivity index (χ4n) is 3.39. The van der Waals surface area contributed by atoms with E-state index in [1.807, 2.05) is 30.9 Å². The Bertz CT molecular complexity index is 543. The predicted octanol–water partition coefficient (Wildman–Crippen LogP) is 1.53. The van der Waals surface area contributed by atoms with Crippen molar-refractivity contribution in [2.75, 3.05) is 6.54 Å². The summed E-state index contributed by atoms with van der Waals surface area (Å²) in [5.74, 6) is 0.180. The van der Waals surface area contributed by atoms with E-state index in [0.29, 0.717) is 13.0 Å². The maximum atomic E-state index is 12.8. The van der Waals surface area contributed by atoms with Gasteiger partial charge in [-0.2, -0.15) is 0 Å². The Morgan fingerprint density at radius 1 is 1.14 bits per heavy atom. The van der Waals surface area contributed by atoms with Crippen LogP contribution in [0.4, 0.5) is 0 Å². The van der Waals surface area contributed by atoms with E-state index in [4.69, 9.17) is 0 Å². The number of hydrogen-bond acceptors (Lipinski definition) is 2. The van der Waals surface area contributed by atoms with Gasteiger partial charge in [-0.1, -0.05) is 38.1 Å². The normalized spacial score (nSPS) is 23.2. The summed E-state index contributed by atoms with van der Waals surface area (Å²) in [4.78, 5) is 26.5. The summed E-state index contributed by atoms with van der Waals surface area (Å²) in [6.07, 6.45) is 2.21. The van der Waals surface area contributed by atoms with Crippen LogP contribution in [0.5, 0.6) is 0 Å². The molecule has 1 unspecified atom stereocenters. The van der Waals surface area contributed by atoms with Gasteiger partial charge in [0.15, 0.2) is 0 Å². The Balaban J connectivity index is 1.81. The number of fused-ring (bicyclic) bond motifs is 1. The molecule has 1 N–H and O–H groups in total. The van der Waals surface area contributed by atoms with Crippen molar-refractivity contribution >= 4 is 11.8 Å². The van der Waals surface area contributed by atoms with Gasteiger partial charge in [-0.05, 0) is 29.9 Å². The number of carbonyl (C=O) groups excluding carboxylic acids is 2. The van der Waals surface area contributed by atoms with Gasteiger partial charge < -0.3 is 10.2 Å². The number of hydrogen-bond donors (Lipinski definition) is 1. The molecule has 1 aliphatic heterocycles. The molecule has 0 radical (unpaired) electrons. The van der Waals surface area contributed by atoms with Crippen LogP contribution < -0.4 is 5.32 Å². The van der Waals surface area contributed by atoms with Gasteiger partial charge in [0.2, 0.25) is 11.8 Å². The third-order valence-electron chi connectivity index (χ3n) is 4.58. The van der Waals surface area contributed by atoms with Gasteiger partial charge in [0.05, 0.1) is 0 Å². The molecule has 4 nitrogen and oxygen atoms in total. The van der Waals surface area contributed by atoms with Crippen LogP contribution in [0.2, 0.25) is 0 Å². The highest BCUT2D eigenvalue weighted by molar-refractivity contribution is 5.90. The van der Waals surface area contributed by atoms with E-state index in [2.05, 4.69) is 17.4 Å². The van der Waals surface area contributed by atoms with Crippen molar-refractivity contribution in [1.82, 2.24) is 10.2 Å². The lowest BCUT2D eigenvalue weighted by molar-refractivity contribution is -0.136. The SMILES string of the molecule is CC(C)C1NC(=O)CCN(C2Cc3ccccc3C2)C1=O. The number of rotatable bonds is 2. The van der Waals surface area contributed by atoms with Gasteiger partial charge >= 0.3 is 0 Å². The summed E-state index contributed by atoms with van der Waals surface area (Å²) in [7, 11) is 0. The molecular formula is C17H22N2O2. The van der Waals surface area contributed by atoms with Crippen LogP contribution in [0.1, 0.15) is 31.4 Å². The van der Waals surface area contributed by atoms with Crippen molar-refractivity contribution in [2.24, 2.45) is 5.92 Å². The molecule has 4 heteroatoms. The zero-order chi connectivity index (χ0) is 15.0. The highest BCUT2D eigenvalue weighted by atomic mass is 16.2. The van der Waals surface area contributed by atoms with Crippen LogP contribution in [0.3, 0.4) is 0 Å². The summed E-state index contributed by atoms with van der Waals surface area (Å²) in [5.41, 5.74) is 2.67. The molecule has 0 bridgehead atoms.